The van der Waals surface area contributed by atoms with E-state index in [2.05, 4.69) is 4.98 Å². The van der Waals surface area contributed by atoms with Crippen LogP contribution in [0, 0.1) is 0 Å². The third-order valence-corrected chi connectivity index (χ3v) is 4.35. The van der Waals surface area contributed by atoms with Gasteiger partial charge in [0.15, 0.2) is 4.96 Å². The third kappa shape index (κ3) is 2.22. The summed E-state index contributed by atoms with van der Waals surface area (Å²) in [6.45, 7) is 3.41. The number of thioether (sulfide) groups is 1. The minimum Gasteiger partial charge on any atom is -0.480 e. The first kappa shape index (κ1) is 11.5. The maximum absolute atomic E-state index is 10.9. The quantitative estimate of drug-likeness (QED) is 0.913. The maximum atomic E-state index is 10.9. The Morgan fingerprint density at radius 1 is 1.69 bits per heavy atom. The average Bonchev–Trinajstić information content (AvgIpc) is 2.73. The number of aliphatic carboxylic acids is 1. The van der Waals surface area contributed by atoms with E-state index in [0.29, 0.717) is 5.75 Å². The van der Waals surface area contributed by atoms with Crippen LogP contribution >= 0.6 is 23.1 Å². The van der Waals surface area contributed by atoms with E-state index in [1.807, 2.05) is 22.2 Å². The second kappa shape index (κ2) is 4.10. The van der Waals surface area contributed by atoms with Gasteiger partial charge in [-0.2, -0.15) is 0 Å². The second-order valence-electron chi connectivity index (χ2n) is 3.93. The number of nitrogens with zero attached hydrogens (tertiary/aromatic N) is 2. The second-order valence-corrected chi connectivity index (χ2v) is 6.40. The van der Waals surface area contributed by atoms with E-state index in [9.17, 15) is 4.79 Å². The molecule has 0 aromatic carbocycles. The van der Waals surface area contributed by atoms with E-state index < -0.39 is 10.7 Å². The Bertz CT molecular complexity index is 487. The summed E-state index contributed by atoms with van der Waals surface area (Å²) in [5.41, 5.74) is 0.922. The Labute approximate surface area is 101 Å². The number of fused-ring (bicyclic) bond motifs is 1. The zero-order valence-corrected chi connectivity index (χ0v) is 10.6. The van der Waals surface area contributed by atoms with Crippen molar-refractivity contribution < 1.29 is 9.90 Å². The summed E-state index contributed by atoms with van der Waals surface area (Å²) >= 11 is 2.96. The zero-order valence-electron chi connectivity index (χ0n) is 9.01. The first-order chi connectivity index (χ1) is 7.49. The maximum Gasteiger partial charge on any atom is 0.319 e. The summed E-state index contributed by atoms with van der Waals surface area (Å²) in [6, 6.07) is 0. The summed E-state index contributed by atoms with van der Waals surface area (Å²) in [5, 5.41) is 10.9. The number of hydrogen-bond acceptors (Lipinski definition) is 4. The number of carboxylic acid groups (broad SMARTS) is 1. The lowest BCUT2D eigenvalue weighted by Gasteiger charge is -2.17. The van der Waals surface area contributed by atoms with Gasteiger partial charge in [-0.15, -0.1) is 23.1 Å². The number of aromatic nitrogens is 2. The van der Waals surface area contributed by atoms with Crippen LogP contribution in [0.25, 0.3) is 4.96 Å². The molecular weight excluding hydrogens is 244 g/mol. The molecule has 2 aromatic rings. The molecule has 1 N–H and O–H groups in total. The number of carboxylic acids is 1. The van der Waals surface area contributed by atoms with Gasteiger partial charge < -0.3 is 5.11 Å². The Hall–Kier alpha value is -1.01. The van der Waals surface area contributed by atoms with Gasteiger partial charge in [0, 0.05) is 23.5 Å². The smallest absolute Gasteiger partial charge is 0.319 e. The summed E-state index contributed by atoms with van der Waals surface area (Å²) in [6.07, 6.45) is 3.89. The minimum absolute atomic E-state index is 0.619. The molecule has 0 aliphatic carbocycles. The van der Waals surface area contributed by atoms with E-state index in [4.69, 9.17) is 5.11 Å². The van der Waals surface area contributed by atoms with Crippen molar-refractivity contribution in [2.24, 2.45) is 0 Å². The highest BCUT2D eigenvalue weighted by atomic mass is 32.2. The molecule has 0 saturated heterocycles. The molecule has 0 amide bonds. The van der Waals surface area contributed by atoms with E-state index in [1.165, 1.54) is 11.8 Å². The number of carbonyl (C=O) groups is 1. The average molecular weight is 256 g/mol. The first-order valence-corrected chi connectivity index (χ1v) is 6.64. The van der Waals surface area contributed by atoms with E-state index in [-0.39, 0.29) is 0 Å². The molecule has 86 valence electrons. The Balaban J connectivity index is 2.06. The van der Waals surface area contributed by atoms with Crippen LogP contribution in [0.2, 0.25) is 0 Å². The summed E-state index contributed by atoms with van der Waals surface area (Å²) in [5.74, 6) is -0.174. The van der Waals surface area contributed by atoms with Crippen molar-refractivity contribution in [1.82, 2.24) is 9.38 Å². The van der Waals surface area contributed by atoms with Crippen molar-refractivity contribution in [1.29, 1.82) is 0 Å². The van der Waals surface area contributed by atoms with Crippen molar-refractivity contribution in [2.45, 2.75) is 24.3 Å². The molecule has 4 nitrogen and oxygen atoms in total. The summed E-state index contributed by atoms with van der Waals surface area (Å²) < 4.78 is 1.19. The van der Waals surface area contributed by atoms with Gasteiger partial charge in [-0.3, -0.25) is 9.20 Å². The van der Waals surface area contributed by atoms with Crippen LogP contribution in [0.3, 0.4) is 0 Å². The van der Waals surface area contributed by atoms with Crippen molar-refractivity contribution in [3.63, 3.8) is 0 Å². The van der Waals surface area contributed by atoms with Crippen LogP contribution in [-0.4, -0.2) is 25.2 Å². The lowest BCUT2D eigenvalue weighted by Crippen LogP contribution is -2.27. The van der Waals surface area contributed by atoms with E-state index >= 15 is 0 Å². The molecule has 0 unspecified atom stereocenters. The monoisotopic (exact) mass is 256 g/mol. The fourth-order valence-electron chi connectivity index (χ4n) is 1.16. The summed E-state index contributed by atoms with van der Waals surface area (Å²) in [4.78, 5) is 16.3. The molecular formula is C10H12N2O2S2. The van der Waals surface area contributed by atoms with Gasteiger partial charge in [-0.05, 0) is 13.8 Å². The molecule has 6 heteroatoms. The fraction of sp³-hybridized carbons (Fsp3) is 0.400. The third-order valence-electron chi connectivity index (χ3n) is 2.24. The van der Waals surface area contributed by atoms with Gasteiger partial charge >= 0.3 is 5.97 Å². The molecule has 0 fully saturated rings. The van der Waals surface area contributed by atoms with Crippen LogP contribution in [0.15, 0.2) is 17.8 Å². The van der Waals surface area contributed by atoms with Gasteiger partial charge in [-0.25, -0.2) is 4.98 Å². The number of hydrogen-bond donors (Lipinski definition) is 1. The van der Waals surface area contributed by atoms with E-state index in [0.717, 1.165) is 10.7 Å². The summed E-state index contributed by atoms with van der Waals surface area (Å²) in [7, 11) is 0. The molecule has 0 aliphatic heterocycles. The standard InChI is InChI=1S/C10H12N2O2S2/c1-10(2,8(13)14)16-6-7-5-12-3-4-15-9(12)11-7/h3-5H,6H2,1-2H3,(H,13,14). The molecule has 0 aliphatic rings. The van der Waals surface area contributed by atoms with Gasteiger partial charge in [0.1, 0.15) is 4.75 Å². The Morgan fingerprint density at radius 2 is 2.44 bits per heavy atom. The SMILES string of the molecule is CC(C)(SCc1cn2ccsc2n1)C(=O)O. The number of rotatable bonds is 4. The van der Waals surface area contributed by atoms with Gasteiger partial charge in [0.25, 0.3) is 0 Å². The van der Waals surface area contributed by atoms with Crippen LogP contribution in [-0.2, 0) is 10.5 Å². The van der Waals surface area contributed by atoms with Gasteiger partial charge in [0.05, 0.1) is 5.69 Å². The minimum atomic E-state index is -0.793. The van der Waals surface area contributed by atoms with Crippen LogP contribution in [0.4, 0.5) is 0 Å². The predicted molar refractivity (Wildman–Crippen MR) is 66.1 cm³/mol. The highest BCUT2D eigenvalue weighted by molar-refractivity contribution is 8.00. The molecule has 0 atom stereocenters. The fourth-order valence-corrected chi connectivity index (χ4v) is 2.65. The number of imidazole rings is 1. The normalized spacial score (nSPS) is 12.1. The lowest BCUT2D eigenvalue weighted by atomic mass is 10.2. The van der Waals surface area contributed by atoms with E-state index in [1.54, 1.807) is 25.2 Å². The molecule has 16 heavy (non-hydrogen) atoms. The largest absolute Gasteiger partial charge is 0.480 e. The zero-order chi connectivity index (χ0) is 11.8. The van der Waals surface area contributed by atoms with Crippen molar-refractivity contribution in [3.05, 3.63) is 23.5 Å². The van der Waals surface area contributed by atoms with Gasteiger partial charge in [0.2, 0.25) is 0 Å². The highest BCUT2D eigenvalue weighted by Gasteiger charge is 2.27. The Kier molecular flexibility index (Phi) is 2.94. The highest BCUT2D eigenvalue weighted by Crippen LogP contribution is 2.28. The Morgan fingerprint density at radius 3 is 3.06 bits per heavy atom. The first-order valence-electron chi connectivity index (χ1n) is 4.77. The molecule has 0 saturated carbocycles. The van der Waals surface area contributed by atoms with Gasteiger partial charge in [-0.1, -0.05) is 0 Å². The molecule has 2 rings (SSSR count). The molecule has 2 heterocycles. The van der Waals surface area contributed by atoms with Crippen molar-refractivity contribution in [3.8, 4) is 0 Å². The molecule has 0 bridgehead atoms. The van der Waals surface area contributed by atoms with Crippen LogP contribution in [0.1, 0.15) is 19.5 Å². The van der Waals surface area contributed by atoms with Crippen molar-refractivity contribution in [2.75, 3.05) is 0 Å². The molecule has 0 spiro atoms. The molecule has 0 radical (unpaired) electrons. The predicted octanol–water partition coefficient (Wildman–Crippen LogP) is 2.49. The van der Waals surface area contributed by atoms with Crippen LogP contribution < -0.4 is 0 Å². The lowest BCUT2D eigenvalue weighted by molar-refractivity contribution is -0.138. The topological polar surface area (TPSA) is 54.6 Å². The van der Waals surface area contributed by atoms with Crippen molar-refractivity contribution >= 4 is 34.0 Å². The number of thiazole rings is 1. The van der Waals surface area contributed by atoms with Crippen LogP contribution in [0.5, 0.6) is 0 Å². The molecule has 2 aromatic heterocycles.